The van der Waals surface area contributed by atoms with Crippen LogP contribution in [0.3, 0.4) is 0 Å². The van der Waals surface area contributed by atoms with Gasteiger partial charge in [-0.2, -0.15) is 0 Å². The molecule has 0 spiro atoms. The molecule has 0 aliphatic heterocycles. The molecule has 0 aromatic carbocycles. The summed E-state index contributed by atoms with van der Waals surface area (Å²) in [6, 6.07) is 0. The van der Waals surface area contributed by atoms with Gasteiger partial charge in [-0.1, -0.05) is 6.92 Å². The lowest BCUT2D eigenvalue weighted by molar-refractivity contribution is 0.293. The first kappa shape index (κ1) is 15.9. The molecule has 0 aliphatic carbocycles. The minimum atomic E-state index is 0. The van der Waals surface area contributed by atoms with Gasteiger partial charge in [0.15, 0.2) is 0 Å². The number of rotatable bonds is 2. The molecule has 1 atom stereocenters. The first-order valence-corrected chi connectivity index (χ1v) is 2.60. The van der Waals surface area contributed by atoms with Gasteiger partial charge < -0.3 is 18.0 Å². The average Bonchev–Trinajstić information content (AvgIpc) is 1.65. The van der Waals surface area contributed by atoms with Gasteiger partial charge in [-0.3, -0.25) is 4.90 Å². The number of hydrogen-bond acceptors (Lipinski definition) is 4. The molecule has 0 saturated heterocycles. The third-order valence-corrected chi connectivity index (χ3v) is 1.08. The van der Waals surface area contributed by atoms with Crippen LogP contribution < -0.4 is 18.0 Å². The Bertz CT molecular complexity index is 46.2. The van der Waals surface area contributed by atoms with E-state index in [0.29, 0.717) is 0 Å². The van der Waals surface area contributed by atoms with Crippen molar-refractivity contribution in [1.82, 2.24) is 17.2 Å². The predicted molar refractivity (Wildman–Crippen MR) is 42.0 cm³/mol. The van der Waals surface area contributed by atoms with Crippen LogP contribution in [0, 0.1) is 0 Å². The van der Waals surface area contributed by atoms with Crippen LogP contribution in [0.5, 0.6) is 0 Å². The zero-order chi connectivity index (χ0) is 5.86. The van der Waals surface area contributed by atoms with E-state index in [1.165, 1.54) is 0 Å². The van der Waals surface area contributed by atoms with Crippen LogP contribution in [-0.2, 0) is 0 Å². The molecule has 9 heavy (non-hydrogen) atoms. The fourth-order valence-corrected chi connectivity index (χ4v) is 0.365. The van der Waals surface area contributed by atoms with Gasteiger partial charge in [-0.15, -0.1) is 0 Å². The lowest BCUT2D eigenvalue weighted by atomic mass is 10.4. The van der Waals surface area contributed by atoms with Crippen LogP contribution in [0.25, 0.3) is 0 Å². The molecule has 4 nitrogen and oxygen atoms in total. The maximum Gasteiger partial charge on any atom is 0.0563 e. The highest BCUT2D eigenvalue weighted by molar-refractivity contribution is 4.51. The maximum atomic E-state index is 5.54. The minimum absolute atomic E-state index is 0. The van der Waals surface area contributed by atoms with Gasteiger partial charge >= 0.3 is 0 Å². The van der Waals surface area contributed by atoms with Crippen LogP contribution in [-0.4, -0.2) is 25.2 Å². The van der Waals surface area contributed by atoms with Gasteiger partial charge in [0.2, 0.25) is 0 Å². The Kier molecular flexibility index (Phi) is 13.9. The molecular formula is C5H20N4. The Hall–Kier alpha value is -0.160. The summed E-state index contributed by atoms with van der Waals surface area (Å²) in [5, 5.41) is 0. The molecule has 0 aromatic rings. The number of nitrogens with zero attached hydrogens (tertiary/aromatic N) is 1. The molecule has 0 bridgehead atoms. The topological polar surface area (TPSA) is 99.3 Å². The molecule has 0 aromatic heterocycles. The van der Waals surface area contributed by atoms with Crippen LogP contribution in [0.15, 0.2) is 0 Å². The van der Waals surface area contributed by atoms with E-state index in [4.69, 9.17) is 5.73 Å². The Morgan fingerprint density at radius 1 is 1.33 bits per heavy atom. The summed E-state index contributed by atoms with van der Waals surface area (Å²) < 4.78 is 0. The highest BCUT2D eigenvalue weighted by Gasteiger charge is 1.97. The second-order valence-electron chi connectivity index (χ2n) is 1.94. The summed E-state index contributed by atoms with van der Waals surface area (Å²) in [7, 11) is 3.96. The molecule has 0 aliphatic rings. The summed E-state index contributed by atoms with van der Waals surface area (Å²) >= 11 is 0. The fourth-order valence-electron chi connectivity index (χ4n) is 0.365. The second-order valence-corrected chi connectivity index (χ2v) is 1.94. The summed E-state index contributed by atoms with van der Waals surface area (Å²) in [5.74, 6) is 0. The average molecular weight is 136 g/mol. The molecule has 1 unspecified atom stereocenters. The third-order valence-electron chi connectivity index (χ3n) is 1.08. The van der Waals surface area contributed by atoms with E-state index in [1.54, 1.807) is 0 Å². The van der Waals surface area contributed by atoms with Gasteiger partial charge in [0, 0.05) is 0 Å². The molecular weight excluding hydrogens is 116 g/mol. The smallest absolute Gasteiger partial charge is 0.0563 e. The Labute approximate surface area is 57.6 Å². The predicted octanol–water partition coefficient (Wildman–Crippen LogP) is 0.567. The summed E-state index contributed by atoms with van der Waals surface area (Å²) in [4.78, 5) is 2.00. The zero-order valence-electron chi connectivity index (χ0n) is 6.72. The first-order chi connectivity index (χ1) is 3.18. The standard InChI is InChI=1S/C5H14N2.2H3N/c1-4-5(6)7(2)3;;/h5H,4,6H2,1-3H3;2*1H3. The molecule has 0 heterocycles. The molecule has 0 radical (unpaired) electrons. The highest BCUT2D eigenvalue weighted by atomic mass is 15.2. The minimum Gasteiger partial charge on any atom is -0.344 e. The van der Waals surface area contributed by atoms with Crippen molar-refractivity contribution in [3.8, 4) is 0 Å². The lowest BCUT2D eigenvalue weighted by Crippen LogP contribution is -2.35. The molecule has 60 valence electrons. The van der Waals surface area contributed by atoms with Crippen molar-refractivity contribution in [3.05, 3.63) is 0 Å². The molecule has 0 fully saturated rings. The quantitative estimate of drug-likeness (QED) is 0.483. The Morgan fingerprint density at radius 3 is 1.67 bits per heavy atom. The van der Waals surface area contributed by atoms with E-state index in [2.05, 4.69) is 6.92 Å². The second kappa shape index (κ2) is 7.84. The van der Waals surface area contributed by atoms with Crippen molar-refractivity contribution in [2.75, 3.05) is 14.1 Å². The van der Waals surface area contributed by atoms with Crippen molar-refractivity contribution in [2.45, 2.75) is 19.5 Å². The molecule has 0 rings (SSSR count). The van der Waals surface area contributed by atoms with E-state index in [-0.39, 0.29) is 18.5 Å². The van der Waals surface area contributed by atoms with E-state index < -0.39 is 0 Å². The van der Waals surface area contributed by atoms with Crippen molar-refractivity contribution < 1.29 is 0 Å². The van der Waals surface area contributed by atoms with E-state index in [9.17, 15) is 0 Å². The van der Waals surface area contributed by atoms with Crippen LogP contribution in [0.2, 0.25) is 0 Å². The van der Waals surface area contributed by atoms with Crippen LogP contribution in [0.4, 0.5) is 0 Å². The summed E-state index contributed by atoms with van der Waals surface area (Å²) in [5.41, 5.74) is 5.54. The highest BCUT2D eigenvalue weighted by Crippen LogP contribution is 1.86. The van der Waals surface area contributed by atoms with Crippen LogP contribution >= 0.6 is 0 Å². The van der Waals surface area contributed by atoms with Gasteiger partial charge in [0.25, 0.3) is 0 Å². The lowest BCUT2D eigenvalue weighted by Gasteiger charge is -2.16. The Balaban J connectivity index is -0.000000180. The molecule has 0 amide bonds. The maximum absolute atomic E-state index is 5.54. The van der Waals surface area contributed by atoms with Gasteiger partial charge in [0.05, 0.1) is 6.17 Å². The molecule has 0 saturated carbocycles. The van der Waals surface area contributed by atoms with Crippen molar-refractivity contribution >= 4 is 0 Å². The van der Waals surface area contributed by atoms with Gasteiger partial charge in [-0.25, -0.2) is 0 Å². The van der Waals surface area contributed by atoms with Crippen molar-refractivity contribution in [1.29, 1.82) is 0 Å². The summed E-state index contributed by atoms with van der Waals surface area (Å²) in [6.45, 7) is 2.07. The van der Waals surface area contributed by atoms with E-state index >= 15 is 0 Å². The van der Waals surface area contributed by atoms with Gasteiger partial charge in [-0.05, 0) is 20.5 Å². The number of nitrogens with two attached hydrogens (primary N) is 1. The normalized spacial score (nSPS) is 11.7. The molecule has 8 N–H and O–H groups in total. The Morgan fingerprint density at radius 2 is 1.67 bits per heavy atom. The molecule has 4 heteroatoms. The van der Waals surface area contributed by atoms with Crippen molar-refractivity contribution in [3.63, 3.8) is 0 Å². The third kappa shape index (κ3) is 7.84. The fraction of sp³-hybridized carbons (Fsp3) is 1.00. The van der Waals surface area contributed by atoms with E-state index in [0.717, 1.165) is 6.42 Å². The van der Waals surface area contributed by atoms with Crippen LogP contribution in [0.1, 0.15) is 13.3 Å². The van der Waals surface area contributed by atoms with Gasteiger partial charge in [0.1, 0.15) is 0 Å². The van der Waals surface area contributed by atoms with E-state index in [1.807, 2.05) is 19.0 Å². The largest absolute Gasteiger partial charge is 0.344 e. The first-order valence-electron chi connectivity index (χ1n) is 2.60. The SMILES string of the molecule is CCC(N)N(C)C.N.N. The number of hydrogen-bond donors (Lipinski definition) is 3. The monoisotopic (exact) mass is 136 g/mol. The van der Waals surface area contributed by atoms with Crippen molar-refractivity contribution in [2.24, 2.45) is 5.73 Å². The zero-order valence-corrected chi connectivity index (χ0v) is 6.72. The summed E-state index contributed by atoms with van der Waals surface area (Å²) in [6.07, 6.45) is 1.26.